The van der Waals surface area contributed by atoms with E-state index in [2.05, 4.69) is 5.32 Å². The third-order valence-electron chi connectivity index (χ3n) is 3.28. The summed E-state index contributed by atoms with van der Waals surface area (Å²) in [6, 6.07) is 3.97. The predicted octanol–water partition coefficient (Wildman–Crippen LogP) is 3.00. The van der Waals surface area contributed by atoms with Crippen LogP contribution in [0.15, 0.2) is 18.2 Å². The summed E-state index contributed by atoms with van der Waals surface area (Å²) < 4.78 is 13.3. The van der Waals surface area contributed by atoms with Gasteiger partial charge in [-0.1, -0.05) is 25.4 Å². The molecule has 0 radical (unpaired) electrons. The number of hydrogen-bond donors (Lipinski definition) is 2. The molecule has 0 aliphatic rings. The quantitative estimate of drug-likeness (QED) is 0.898. The highest BCUT2D eigenvalue weighted by atomic mass is 35.5. The number of hydrogen-bond acceptors (Lipinski definition) is 2. The molecule has 6 heteroatoms. The van der Waals surface area contributed by atoms with Crippen molar-refractivity contribution in [1.82, 2.24) is 5.32 Å². The number of amides is 1. The molecular formula is C13H19Cl2FN2O. The molecule has 0 saturated carbocycles. The maximum absolute atomic E-state index is 13.3. The van der Waals surface area contributed by atoms with Gasteiger partial charge in [0.05, 0.1) is 10.6 Å². The first-order chi connectivity index (χ1) is 8.30. The maximum atomic E-state index is 13.3. The fourth-order valence-corrected chi connectivity index (χ4v) is 1.52. The largest absolute Gasteiger partial charge is 0.345 e. The van der Waals surface area contributed by atoms with Crippen LogP contribution in [0.3, 0.4) is 0 Å². The number of halogens is 3. The zero-order chi connectivity index (χ0) is 13.9. The SMILES string of the molecule is CC(C)C(C)(CN)NC(=O)c1ccc(Cl)c(F)c1.Cl. The van der Waals surface area contributed by atoms with Crippen molar-refractivity contribution in [1.29, 1.82) is 0 Å². The Labute approximate surface area is 124 Å². The molecule has 3 N–H and O–H groups in total. The van der Waals surface area contributed by atoms with Gasteiger partial charge in [0.15, 0.2) is 0 Å². The Bertz CT molecular complexity index is 454. The minimum Gasteiger partial charge on any atom is -0.345 e. The number of carbonyl (C=O) groups excluding carboxylic acids is 1. The van der Waals surface area contributed by atoms with E-state index < -0.39 is 11.4 Å². The van der Waals surface area contributed by atoms with Crippen LogP contribution in [0, 0.1) is 11.7 Å². The van der Waals surface area contributed by atoms with E-state index >= 15 is 0 Å². The summed E-state index contributed by atoms with van der Waals surface area (Å²) in [4.78, 5) is 12.0. The summed E-state index contributed by atoms with van der Waals surface area (Å²) in [7, 11) is 0. The van der Waals surface area contributed by atoms with Crippen molar-refractivity contribution in [3.63, 3.8) is 0 Å². The van der Waals surface area contributed by atoms with Crippen LogP contribution < -0.4 is 11.1 Å². The topological polar surface area (TPSA) is 55.1 Å². The zero-order valence-electron chi connectivity index (χ0n) is 11.2. The molecule has 0 aromatic heterocycles. The van der Waals surface area contributed by atoms with E-state index in [4.69, 9.17) is 17.3 Å². The highest BCUT2D eigenvalue weighted by Crippen LogP contribution is 2.18. The molecule has 1 aromatic carbocycles. The number of carbonyl (C=O) groups is 1. The van der Waals surface area contributed by atoms with Crippen LogP contribution in [-0.4, -0.2) is 18.0 Å². The Hall–Kier alpha value is -0.840. The van der Waals surface area contributed by atoms with Crippen LogP contribution in [0.1, 0.15) is 31.1 Å². The molecule has 0 saturated heterocycles. The van der Waals surface area contributed by atoms with Crippen molar-refractivity contribution < 1.29 is 9.18 Å². The van der Waals surface area contributed by atoms with Crippen molar-refractivity contribution in [2.75, 3.05) is 6.54 Å². The monoisotopic (exact) mass is 308 g/mol. The molecule has 3 nitrogen and oxygen atoms in total. The van der Waals surface area contributed by atoms with Crippen LogP contribution in [0.4, 0.5) is 4.39 Å². The first-order valence-electron chi connectivity index (χ1n) is 5.78. The van der Waals surface area contributed by atoms with Crippen LogP contribution in [0.5, 0.6) is 0 Å². The third-order valence-corrected chi connectivity index (χ3v) is 3.59. The smallest absolute Gasteiger partial charge is 0.251 e. The lowest BCUT2D eigenvalue weighted by atomic mass is 9.88. The molecular weight excluding hydrogens is 290 g/mol. The molecule has 1 amide bonds. The van der Waals surface area contributed by atoms with Crippen molar-refractivity contribution >= 4 is 29.9 Å². The Morgan fingerprint density at radius 3 is 2.53 bits per heavy atom. The van der Waals surface area contributed by atoms with Gasteiger partial charge < -0.3 is 11.1 Å². The van der Waals surface area contributed by atoms with E-state index in [0.717, 1.165) is 6.07 Å². The average molecular weight is 309 g/mol. The molecule has 108 valence electrons. The van der Waals surface area contributed by atoms with Gasteiger partial charge in [0.25, 0.3) is 5.91 Å². The highest BCUT2D eigenvalue weighted by Gasteiger charge is 2.29. The van der Waals surface area contributed by atoms with E-state index in [-0.39, 0.29) is 34.8 Å². The number of rotatable bonds is 4. The van der Waals surface area contributed by atoms with Crippen molar-refractivity contribution in [2.24, 2.45) is 11.7 Å². The number of nitrogens with one attached hydrogen (secondary N) is 1. The van der Waals surface area contributed by atoms with Crippen molar-refractivity contribution in [2.45, 2.75) is 26.3 Å². The normalized spacial score (nSPS) is 13.6. The number of benzene rings is 1. The lowest BCUT2D eigenvalue weighted by Crippen LogP contribution is -2.55. The summed E-state index contributed by atoms with van der Waals surface area (Å²) in [6.45, 7) is 6.11. The lowest BCUT2D eigenvalue weighted by molar-refractivity contribution is 0.0883. The van der Waals surface area contributed by atoms with E-state index in [9.17, 15) is 9.18 Å². The molecule has 0 aliphatic carbocycles. The Morgan fingerprint density at radius 2 is 2.11 bits per heavy atom. The van der Waals surface area contributed by atoms with Gasteiger partial charge in [-0.3, -0.25) is 4.79 Å². The molecule has 0 bridgehead atoms. The zero-order valence-corrected chi connectivity index (χ0v) is 12.7. The van der Waals surface area contributed by atoms with Gasteiger partial charge in [0.2, 0.25) is 0 Å². The van der Waals surface area contributed by atoms with Crippen molar-refractivity contribution in [3.8, 4) is 0 Å². The second kappa shape index (κ2) is 7.08. The van der Waals surface area contributed by atoms with Crippen LogP contribution in [0.2, 0.25) is 5.02 Å². The molecule has 19 heavy (non-hydrogen) atoms. The Kier molecular flexibility index (Phi) is 6.77. The summed E-state index contributed by atoms with van der Waals surface area (Å²) in [5.41, 5.74) is 5.39. The van der Waals surface area contributed by atoms with Gasteiger partial charge in [-0.2, -0.15) is 0 Å². The first-order valence-corrected chi connectivity index (χ1v) is 6.15. The number of nitrogens with two attached hydrogens (primary N) is 1. The fourth-order valence-electron chi connectivity index (χ4n) is 1.40. The van der Waals surface area contributed by atoms with E-state index in [0.29, 0.717) is 6.54 Å². The molecule has 0 spiro atoms. The van der Waals surface area contributed by atoms with Gasteiger partial charge in [0, 0.05) is 12.1 Å². The molecule has 0 aliphatic heterocycles. The Morgan fingerprint density at radius 1 is 1.53 bits per heavy atom. The van der Waals surface area contributed by atoms with Gasteiger partial charge in [-0.05, 0) is 31.0 Å². The summed E-state index contributed by atoms with van der Waals surface area (Å²) >= 11 is 5.57. The summed E-state index contributed by atoms with van der Waals surface area (Å²) in [5, 5.41) is 2.83. The van der Waals surface area contributed by atoms with E-state index in [1.807, 2.05) is 20.8 Å². The first kappa shape index (κ1) is 18.2. The maximum Gasteiger partial charge on any atom is 0.251 e. The fraction of sp³-hybridized carbons (Fsp3) is 0.462. The van der Waals surface area contributed by atoms with Gasteiger partial charge in [0.1, 0.15) is 5.82 Å². The molecule has 1 aromatic rings. The third kappa shape index (κ3) is 4.34. The Balaban J connectivity index is 0.00000324. The molecule has 1 rings (SSSR count). The molecule has 1 atom stereocenters. The minimum atomic E-state index is -0.608. The standard InChI is InChI=1S/C13H18ClFN2O.ClH/c1-8(2)13(3,7-16)17-12(18)9-4-5-10(14)11(15)6-9;/h4-6,8H,7,16H2,1-3H3,(H,17,18);1H. The molecule has 0 heterocycles. The van der Waals surface area contributed by atoms with Crippen LogP contribution in [0.25, 0.3) is 0 Å². The lowest BCUT2D eigenvalue weighted by Gasteiger charge is -2.33. The van der Waals surface area contributed by atoms with Crippen LogP contribution >= 0.6 is 24.0 Å². The van der Waals surface area contributed by atoms with Gasteiger partial charge in [-0.25, -0.2) is 4.39 Å². The average Bonchev–Trinajstić information content (AvgIpc) is 2.32. The summed E-state index contributed by atoms with van der Waals surface area (Å²) in [6.07, 6.45) is 0. The second-order valence-electron chi connectivity index (χ2n) is 4.86. The predicted molar refractivity (Wildman–Crippen MR) is 78.4 cm³/mol. The highest BCUT2D eigenvalue weighted by molar-refractivity contribution is 6.30. The second-order valence-corrected chi connectivity index (χ2v) is 5.27. The van der Waals surface area contributed by atoms with E-state index in [1.165, 1.54) is 12.1 Å². The van der Waals surface area contributed by atoms with E-state index in [1.54, 1.807) is 0 Å². The van der Waals surface area contributed by atoms with Gasteiger partial charge >= 0.3 is 0 Å². The van der Waals surface area contributed by atoms with Crippen LogP contribution in [-0.2, 0) is 0 Å². The summed E-state index contributed by atoms with van der Waals surface area (Å²) in [5.74, 6) is -0.792. The minimum absolute atomic E-state index is 0. The molecule has 0 fully saturated rings. The molecule has 1 unspecified atom stereocenters. The van der Waals surface area contributed by atoms with Crippen molar-refractivity contribution in [3.05, 3.63) is 34.6 Å². The van der Waals surface area contributed by atoms with Gasteiger partial charge in [-0.15, -0.1) is 12.4 Å².